The normalized spacial score (nSPS) is 12.7. The minimum atomic E-state index is 0.395. The lowest BCUT2D eigenvalue weighted by atomic mass is 10.2. The molecule has 0 saturated heterocycles. The predicted molar refractivity (Wildman–Crippen MR) is 92.8 cm³/mol. The van der Waals surface area contributed by atoms with Gasteiger partial charge in [-0.25, -0.2) is 9.50 Å². The summed E-state index contributed by atoms with van der Waals surface area (Å²) < 4.78 is 1.82. The number of halogens is 1. The van der Waals surface area contributed by atoms with Crippen LogP contribution in [0.5, 0.6) is 0 Å². The van der Waals surface area contributed by atoms with Crippen LogP contribution < -0.4 is 5.32 Å². The number of imidazole rings is 1. The molecule has 1 N–H and O–H groups in total. The maximum Gasteiger partial charge on any atom is 0.214 e. The van der Waals surface area contributed by atoms with E-state index in [1.807, 2.05) is 46.7 Å². The first-order valence-corrected chi connectivity index (χ1v) is 9.12. The molecule has 0 aliphatic carbocycles. The smallest absolute Gasteiger partial charge is 0.214 e. The molecule has 7 heteroatoms. The molecule has 1 aromatic carbocycles. The number of anilines is 1. The fourth-order valence-corrected chi connectivity index (χ4v) is 3.62. The lowest BCUT2D eigenvalue weighted by Crippen LogP contribution is -2.17. The van der Waals surface area contributed by atoms with Crippen molar-refractivity contribution in [1.82, 2.24) is 14.6 Å². The molecule has 21 heavy (non-hydrogen) atoms. The Morgan fingerprint density at radius 1 is 1.38 bits per heavy atom. The van der Waals surface area contributed by atoms with E-state index in [9.17, 15) is 0 Å². The number of fused-ring (bicyclic) bond motifs is 1. The highest BCUT2D eigenvalue weighted by Crippen LogP contribution is 2.25. The molecule has 0 spiro atoms. The largest absolute Gasteiger partial charge is 0.357 e. The van der Waals surface area contributed by atoms with Crippen molar-refractivity contribution < 1.29 is 0 Å². The van der Waals surface area contributed by atoms with E-state index in [0.717, 1.165) is 32.1 Å². The molecule has 1 atom stereocenters. The summed E-state index contributed by atoms with van der Waals surface area (Å²) in [6.07, 6.45) is 4.05. The van der Waals surface area contributed by atoms with E-state index in [2.05, 4.69) is 28.6 Å². The Balaban J connectivity index is 1.82. The summed E-state index contributed by atoms with van der Waals surface area (Å²) in [5.74, 6) is 1.05. The maximum atomic E-state index is 5.91. The average Bonchev–Trinajstić information content (AvgIpc) is 2.97. The SMILES string of the molecule is CSCC(C)Nc1nn2cc(-c3ccc(Cl)cc3)nc2s1. The van der Waals surface area contributed by atoms with Crippen LogP contribution in [0.1, 0.15) is 6.92 Å². The monoisotopic (exact) mass is 338 g/mol. The highest BCUT2D eigenvalue weighted by atomic mass is 35.5. The molecule has 110 valence electrons. The van der Waals surface area contributed by atoms with Gasteiger partial charge < -0.3 is 5.32 Å². The highest BCUT2D eigenvalue weighted by molar-refractivity contribution is 7.98. The third kappa shape index (κ3) is 3.33. The van der Waals surface area contributed by atoms with E-state index in [-0.39, 0.29) is 0 Å². The van der Waals surface area contributed by atoms with E-state index in [4.69, 9.17) is 11.6 Å². The Morgan fingerprint density at radius 2 is 2.14 bits per heavy atom. The van der Waals surface area contributed by atoms with Crippen LogP contribution in [0, 0.1) is 0 Å². The van der Waals surface area contributed by atoms with Crippen molar-refractivity contribution in [2.75, 3.05) is 17.3 Å². The molecule has 0 fully saturated rings. The van der Waals surface area contributed by atoms with Gasteiger partial charge >= 0.3 is 0 Å². The molecular weight excluding hydrogens is 324 g/mol. The molecule has 2 heterocycles. The van der Waals surface area contributed by atoms with Gasteiger partial charge in [-0.15, -0.1) is 5.10 Å². The molecule has 0 radical (unpaired) electrons. The standard InChI is InChI=1S/C14H15ClN4S2/c1-9(8-20-2)16-13-18-19-7-12(17-14(19)21-13)10-3-5-11(15)6-4-10/h3-7,9H,8H2,1-2H3,(H,16,18). The minimum Gasteiger partial charge on any atom is -0.357 e. The van der Waals surface area contributed by atoms with Crippen LogP contribution in [-0.2, 0) is 0 Å². The summed E-state index contributed by atoms with van der Waals surface area (Å²) >= 11 is 9.29. The molecule has 4 nitrogen and oxygen atoms in total. The predicted octanol–water partition coefficient (Wildman–Crippen LogP) is 4.27. The molecule has 0 amide bonds. The van der Waals surface area contributed by atoms with E-state index in [0.29, 0.717) is 6.04 Å². The van der Waals surface area contributed by atoms with Crippen molar-refractivity contribution in [3.63, 3.8) is 0 Å². The quantitative estimate of drug-likeness (QED) is 0.754. The minimum absolute atomic E-state index is 0.395. The van der Waals surface area contributed by atoms with Gasteiger partial charge in [-0.05, 0) is 25.3 Å². The number of benzene rings is 1. The van der Waals surface area contributed by atoms with Gasteiger partial charge in [0, 0.05) is 22.4 Å². The van der Waals surface area contributed by atoms with Crippen molar-refractivity contribution in [2.24, 2.45) is 0 Å². The molecule has 0 bridgehead atoms. The Labute approximate surface area is 136 Å². The maximum absolute atomic E-state index is 5.91. The van der Waals surface area contributed by atoms with Crippen LogP contribution in [0.3, 0.4) is 0 Å². The van der Waals surface area contributed by atoms with Crippen molar-refractivity contribution in [3.05, 3.63) is 35.5 Å². The average molecular weight is 339 g/mol. The van der Waals surface area contributed by atoms with Gasteiger partial charge in [-0.3, -0.25) is 0 Å². The van der Waals surface area contributed by atoms with Crippen molar-refractivity contribution in [1.29, 1.82) is 0 Å². The Kier molecular flexibility index (Phi) is 4.37. The number of hydrogen-bond donors (Lipinski definition) is 1. The van der Waals surface area contributed by atoms with Gasteiger partial charge in [-0.2, -0.15) is 11.8 Å². The van der Waals surface area contributed by atoms with Crippen LogP contribution in [-0.4, -0.2) is 32.6 Å². The fourth-order valence-electron chi connectivity index (χ4n) is 2.02. The van der Waals surface area contributed by atoms with Gasteiger partial charge in [0.2, 0.25) is 10.1 Å². The molecule has 0 saturated carbocycles. The second-order valence-electron chi connectivity index (χ2n) is 4.77. The second kappa shape index (κ2) is 6.25. The van der Waals surface area contributed by atoms with Crippen LogP contribution >= 0.6 is 34.7 Å². The molecule has 3 aromatic rings. The fraction of sp³-hybridized carbons (Fsp3) is 0.286. The van der Waals surface area contributed by atoms with Crippen LogP contribution in [0.4, 0.5) is 5.13 Å². The lowest BCUT2D eigenvalue weighted by molar-refractivity contribution is 0.886. The van der Waals surface area contributed by atoms with Crippen LogP contribution in [0.15, 0.2) is 30.5 Å². The Bertz CT molecular complexity index is 704. The first kappa shape index (κ1) is 14.7. The number of thioether (sulfide) groups is 1. The molecular formula is C14H15ClN4S2. The number of aromatic nitrogens is 3. The lowest BCUT2D eigenvalue weighted by Gasteiger charge is -2.09. The van der Waals surface area contributed by atoms with Crippen molar-refractivity contribution in [3.8, 4) is 11.3 Å². The first-order chi connectivity index (χ1) is 10.2. The Morgan fingerprint density at radius 3 is 2.81 bits per heavy atom. The first-order valence-electron chi connectivity index (χ1n) is 6.53. The zero-order valence-corrected chi connectivity index (χ0v) is 14.1. The number of nitrogens with one attached hydrogen (secondary N) is 1. The number of rotatable bonds is 5. The molecule has 2 aromatic heterocycles. The second-order valence-corrected chi connectivity index (χ2v) is 7.07. The third-order valence-electron chi connectivity index (χ3n) is 2.97. The Hall–Kier alpha value is -1.24. The van der Waals surface area contributed by atoms with E-state index >= 15 is 0 Å². The molecule has 3 rings (SSSR count). The number of hydrogen-bond acceptors (Lipinski definition) is 5. The zero-order valence-electron chi connectivity index (χ0n) is 11.7. The highest BCUT2D eigenvalue weighted by Gasteiger charge is 2.11. The molecule has 0 aliphatic heterocycles. The van der Waals surface area contributed by atoms with Gasteiger partial charge in [0.05, 0.1) is 11.9 Å². The van der Waals surface area contributed by atoms with Gasteiger partial charge in [0.1, 0.15) is 0 Å². The van der Waals surface area contributed by atoms with Gasteiger partial charge in [0.25, 0.3) is 0 Å². The van der Waals surface area contributed by atoms with Crippen LogP contribution in [0.2, 0.25) is 5.02 Å². The molecule has 1 unspecified atom stereocenters. The van der Waals surface area contributed by atoms with Crippen molar-refractivity contribution >= 4 is 44.8 Å². The summed E-state index contributed by atoms with van der Waals surface area (Å²) in [5.41, 5.74) is 1.96. The summed E-state index contributed by atoms with van der Waals surface area (Å²) in [6.45, 7) is 2.15. The third-order valence-corrected chi connectivity index (χ3v) is 4.91. The topological polar surface area (TPSA) is 42.2 Å². The van der Waals surface area contributed by atoms with Crippen molar-refractivity contribution in [2.45, 2.75) is 13.0 Å². The summed E-state index contributed by atoms with van der Waals surface area (Å²) in [7, 11) is 0. The van der Waals surface area contributed by atoms with Crippen LogP contribution in [0.25, 0.3) is 16.2 Å². The summed E-state index contributed by atoms with van der Waals surface area (Å²) in [4.78, 5) is 5.51. The summed E-state index contributed by atoms with van der Waals surface area (Å²) in [6, 6.07) is 8.07. The number of nitrogens with zero attached hydrogens (tertiary/aromatic N) is 3. The van der Waals surface area contributed by atoms with E-state index in [1.165, 1.54) is 0 Å². The van der Waals surface area contributed by atoms with E-state index < -0.39 is 0 Å². The van der Waals surface area contributed by atoms with Gasteiger partial charge in [0.15, 0.2) is 0 Å². The molecule has 0 aliphatic rings. The van der Waals surface area contributed by atoms with Gasteiger partial charge in [-0.1, -0.05) is 35.1 Å². The zero-order chi connectivity index (χ0) is 14.8. The van der Waals surface area contributed by atoms with E-state index in [1.54, 1.807) is 11.3 Å². The summed E-state index contributed by atoms with van der Waals surface area (Å²) in [5, 5.41) is 9.55.